The average Bonchev–Trinajstić information content (AvgIpc) is 2.41. The van der Waals surface area contributed by atoms with E-state index in [-0.39, 0.29) is 12.5 Å². The van der Waals surface area contributed by atoms with Crippen LogP contribution in [0, 0.1) is 6.92 Å². The third-order valence-corrected chi connectivity index (χ3v) is 3.31. The van der Waals surface area contributed by atoms with E-state index in [1.807, 2.05) is 0 Å². The number of aryl methyl sites for hydroxylation is 1. The number of rotatable bonds is 2. The maximum absolute atomic E-state index is 12.5. The van der Waals surface area contributed by atoms with Crippen LogP contribution in [0.2, 0.25) is 0 Å². The Labute approximate surface area is 116 Å². The number of nitrogens with one attached hydrogen (secondary N) is 2. The molecule has 0 aromatic heterocycles. The molecule has 7 heteroatoms. The summed E-state index contributed by atoms with van der Waals surface area (Å²) in [7, 11) is 0. The monoisotopic (exact) mass is 276 g/mol. The SMILES string of the molecule is Cc1cc(NN)ccc1C(=O)N1CC(=O)NC(=O)C1C. The summed E-state index contributed by atoms with van der Waals surface area (Å²) in [6.07, 6.45) is 0. The second kappa shape index (κ2) is 5.30. The number of piperazine rings is 1. The lowest BCUT2D eigenvalue weighted by atomic mass is 10.0. The van der Waals surface area contributed by atoms with Crippen molar-refractivity contribution in [3.63, 3.8) is 0 Å². The van der Waals surface area contributed by atoms with Crippen molar-refractivity contribution >= 4 is 23.4 Å². The van der Waals surface area contributed by atoms with Crippen LogP contribution in [0.1, 0.15) is 22.8 Å². The van der Waals surface area contributed by atoms with Crippen molar-refractivity contribution in [2.24, 2.45) is 5.84 Å². The van der Waals surface area contributed by atoms with Gasteiger partial charge in [-0.15, -0.1) is 0 Å². The summed E-state index contributed by atoms with van der Waals surface area (Å²) in [6.45, 7) is 3.23. The topological polar surface area (TPSA) is 105 Å². The molecular formula is C13H16N4O3. The molecule has 1 saturated heterocycles. The Morgan fingerprint density at radius 1 is 1.45 bits per heavy atom. The molecule has 1 aromatic carbocycles. The molecule has 0 bridgehead atoms. The molecule has 2 rings (SSSR count). The van der Waals surface area contributed by atoms with Crippen molar-refractivity contribution in [3.05, 3.63) is 29.3 Å². The number of nitrogens with two attached hydrogens (primary N) is 1. The average molecular weight is 276 g/mol. The number of hydrogen-bond acceptors (Lipinski definition) is 5. The molecule has 20 heavy (non-hydrogen) atoms. The number of benzene rings is 1. The Morgan fingerprint density at radius 2 is 2.15 bits per heavy atom. The molecule has 4 N–H and O–H groups in total. The predicted octanol–water partition coefficient (Wildman–Crippen LogP) is -0.232. The Morgan fingerprint density at radius 3 is 2.75 bits per heavy atom. The summed E-state index contributed by atoms with van der Waals surface area (Å²) < 4.78 is 0. The Kier molecular flexibility index (Phi) is 3.71. The van der Waals surface area contributed by atoms with Crippen LogP contribution in [-0.4, -0.2) is 35.2 Å². The van der Waals surface area contributed by atoms with E-state index >= 15 is 0 Å². The number of hydrazine groups is 1. The first-order valence-electron chi connectivity index (χ1n) is 6.16. The van der Waals surface area contributed by atoms with Gasteiger partial charge in [-0.25, -0.2) is 0 Å². The minimum Gasteiger partial charge on any atom is -0.324 e. The number of nitrogen functional groups attached to an aromatic ring is 1. The van der Waals surface area contributed by atoms with E-state index in [1.165, 1.54) is 4.90 Å². The van der Waals surface area contributed by atoms with E-state index in [0.717, 1.165) is 5.56 Å². The number of carbonyl (C=O) groups excluding carboxylic acids is 3. The number of anilines is 1. The zero-order chi connectivity index (χ0) is 14.9. The number of carbonyl (C=O) groups is 3. The van der Waals surface area contributed by atoms with Crippen LogP contribution in [-0.2, 0) is 9.59 Å². The molecule has 0 spiro atoms. The second-order valence-electron chi connectivity index (χ2n) is 4.70. The third kappa shape index (κ3) is 2.48. The lowest BCUT2D eigenvalue weighted by molar-refractivity contribution is -0.138. The Balaban J connectivity index is 2.30. The van der Waals surface area contributed by atoms with Gasteiger partial charge in [0.25, 0.3) is 5.91 Å². The smallest absolute Gasteiger partial charge is 0.255 e. The maximum atomic E-state index is 12.5. The van der Waals surface area contributed by atoms with Crippen LogP contribution in [0.4, 0.5) is 5.69 Å². The predicted molar refractivity (Wildman–Crippen MR) is 72.6 cm³/mol. The highest BCUT2D eigenvalue weighted by molar-refractivity contribution is 6.07. The van der Waals surface area contributed by atoms with Crippen molar-refractivity contribution in [1.82, 2.24) is 10.2 Å². The van der Waals surface area contributed by atoms with Gasteiger partial charge in [0, 0.05) is 11.3 Å². The van der Waals surface area contributed by atoms with Gasteiger partial charge in [-0.3, -0.25) is 25.5 Å². The lowest BCUT2D eigenvalue weighted by Gasteiger charge is -2.32. The fourth-order valence-corrected chi connectivity index (χ4v) is 2.11. The van der Waals surface area contributed by atoms with E-state index < -0.39 is 17.9 Å². The quantitative estimate of drug-likeness (QED) is 0.393. The molecule has 1 aromatic rings. The fourth-order valence-electron chi connectivity index (χ4n) is 2.11. The summed E-state index contributed by atoms with van der Waals surface area (Å²) in [6, 6.07) is 4.34. The normalized spacial score (nSPS) is 18.8. The van der Waals surface area contributed by atoms with Crippen molar-refractivity contribution in [2.45, 2.75) is 19.9 Å². The molecular weight excluding hydrogens is 260 g/mol. The van der Waals surface area contributed by atoms with Crippen molar-refractivity contribution < 1.29 is 14.4 Å². The first-order valence-corrected chi connectivity index (χ1v) is 6.16. The third-order valence-electron chi connectivity index (χ3n) is 3.31. The maximum Gasteiger partial charge on any atom is 0.255 e. The van der Waals surface area contributed by atoms with Gasteiger partial charge >= 0.3 is 0 Å². The van der Waals surface area contributed by atoms with Crippen LogP contribution >= 0.6 is 0 Å². The van der Waals surface area contributed by atoms with E-state index in [1.54, 1.807) is 32.0 Å². The summed E-state index contributed by atoms with van der Waals surface area (Å²) in [4.78, 5) is 36.7. The number of hydrogen-bond donors (Lipinski definition) is 3. The molecule has 3 amide bonds. The minimum atomic E-state index is -0.674. The van der Waals surface area contributed by atoms with Gasteiger partial charge in [-0.1, -0.05) is 0 Å². The van der Waals surface area contributed by atoms with Gasteiger partial charge < -0.3 is 10.3 Å². The number of amides is 3. The van der Waals surface area contributed by atoms with Gasteiger partial charge in [-0.05, 0) is 37.6 Å². The van der Waals surface area contributed by atoms with Crippen LogP contribution in [0.15, 0.2) is 18.2 Å². The molecule has 0 aliphatic carbocycles. The van der Waals surface area contributed by atoms with E-state index in [9.17, 15) is 14.4 Å². The van der Waals surface area contributed by atoms with Gasteiger partial charge in [0.05, 0.1) is 0 Å². The van der Waals surface area contributed by atoms with E-state index in [0.29, 0.717) is 11.3 Å². The van der Waals surface area contributed by atoms with E-state index in [4.69, 9.17) is 5.84 Å². The summed E-state index contributed by atoms with van der Waals surface area (Å²) in [5, 5.41) is 2.20. The second-order valence-corrected chi connectivity index (χ2v) is 4.70. The Bertz CT molecular complexity index is 585. The summed E-state index contributed by atoms with van der Waals surface area (Å²) in [5.41, 5.74) is 4.33. The first-order chi connectivity index (χ1) is 9.43. The summed E-state index contributed by atoms with van der Waals surface area (Å²) in [5.74, 6) is 4.02. The highest BCUT2D eigenvalue weighted by atomic mass is 16.2. The Hall–Kier alpha value is -2.41. The van der Waals surface area contributed by atoms with Gasteiger partial charge in [0.1, 0.15) is 12.6 Å². The molecule has 0 radical (unpaired) electrons. The molecule has 1 atom stereocenters. The van der Waals surface area contributed by atoms with Crippen LogP contribution < -0.4 is 16.6 Å². The number of imide groups is 1. The van der Waals surface area contributed by atoms with Gasteiger partial charge in [0.2, 0.25) is 11.8 Å². The lowest BCUT2D eigenvalue weighted by Crippen LogP contribution is -2.58. The minimum absolute atomic E-state index is 0.123. The van der Waals surface area contributed by atoms with Crippen molar-refractivity contribution in [2.75, 3.05) is 12.0 Å². The van der Waals surface area contributed by atoms with Gasteiger partial charge in [0.15, 0.2) is 0 Å². The van der Waals surface area contributed by atoms with Crippen LogP contribution in [0.25, 0.3) is 0 Å². The molecule has 1 aliphatic rings. The largest absolute Gasteiger partial charge is 0.324 e. The number of nitrogens with zero attached hydrogens (tertiary/aromatic N) is 1. The zero-order valence-corrected chi connectivity index (χ0v) is 11.3. The molecule has 1 heterocycles. The van der Waals surface area contributed by atoms with Crippen molar-refractivity contribution in [1.29, 1.82) is 0 Å². The van der Waals surface area contributed by atoms with Crippen LogP contribution in [0.5, 0.6) is 0 Å². The molecule has 7 nitrogen and oxygen atoms in total. The summed E-state index contributed by atoms with van der Waals surface area (Å²) >= 11 is 0. The molecule has 1 fully saturated rings. The molecule has 0 saturated carbocycles. The zero-order valence-electron chi connectivity index (χ0n) is 11.3. The molecule has 1 unspecified atom stereocenters. The van der Waals surface area contributed by atoms with Crippen LogP contribution in [0.3, 0.4) is 0 Å². The molecule has 106 valence electrons. The van der Waals surface area contributed by atoms with E-state index in [2.05, 4.69) is 10.7 Å². The first kappa shape index (κ1) is 14.0. The highest BCUT2D eigenvalue weighted by Gasteiger charge is 2.34. The van der Waals surface area contributed by atoms with Gasteiger partial charge in [-0.2, -0.15) is 0 Å². The fraction of sp³-hybridized carbons (Fsp3) is 0.308. The molecule has 1 aliphatic heterocycles. The standard InChI is InChI=1S/C13H16N4O3/c1-7-5-9(16-14)3-4-10(7)13(20)17-6-11(18)15-12(19)8(17)2/h3-5,8,16H,6,14H2,1-2H3,(H,15,18,19). The van der Waals surface area contributed by atoms with Crippen molar-refractivity contribution in [3.8, 4) is 0 Å². The highest BCUT2D eigenvalue weighted by Crippen LogP contribution is 2.18.